The first-order chi connectivity index (χ1) is 13.7. The molecule has 0 heterocycles. The standard InChI is InChI=1S/C25H35NO3/c1-9-23(29-20-11-16(4)10-17(5)12-20)25(27)26-19(7)22-14-21(15(2)3)24(28-8)13-18(22)6/h10-15,19,23H,9H2,1-8H3,(H,26,27)/t19-,23+/m1/s1. The molecule has 0 radical (unpaired) electrons. The smallest absolute Gasteiger partial charge is 0.261 e. The summed E-state index contributed by atoms with van der Waals surface area (Å²) in [7, 11) is 1.70. The van der Waals surface area contributed by atoms with E-state index in [0.717, 1.165) is 39.3 Å². The van der Waals surface area contributed by atoms with Crippen molar-refractivity contribution in [2.75, 3.05) is 7.11 Å². The van der Waals surface area contributed by atoms with Gasteiger partial charge in [0.15, 0.2) is 6.10 Å². The van der Waals surface area contributed by atoms with E-state index in [1.54, 1.807) is 7.11 Å². The molecule has 1 amide bonds. The third-order valence-corrected chi connectivity index (χ3v) is 5.20. The lowest BCUT2D eigenvalue weighted by Gasteiger charge is -2.24. The lowest BCUT2D eigenvalue weighted by atomic mass is 9.93. The van der Waals surface area contributed by atoms with Crippen LogP contribution >= 0.6 is 0 Å². The van der Waals surface area contributed by atoms with Crippen LogP contribution in [0.15, 0.2) is 30.3 Å². The van der Waals surface area contributed by atoms with Crippen LogP contribution in [0.25, 0.3) is 0 Å². The number of ether oxygens (including phenoxy) is 2. The third-order valence-electron chi connectivity index (χ3n) is 5.20. The number of aryl methyl sites for hydroxylation is 3. The van der Waals surface area contributed by atoms with Crippen molar-refractivity contribution in [3.05, 3.63) is 58.1 Å². The molecule has 2 aromatic carbocycles. The summed E-state index contributed by atoms with van der Waals surface area (Å²) in [6.07, 6.45) is 0.0754. The second kappa shape index (κ2) is 9.82. The average Bonchev–Trinajstić information content (AvgIpc) is 2.64. The number of carbonyl (C=O) groups is 1. The Morgan fingerprint density at radius 3 is 2.10 bits per heavy atom. The fourth-order valence-corrected chi connectivity index (χ4v) is 3.68. The molecule has 0 aromatic heterocycles. The van der Waals surface area contributed by atoms with E-state index >= 15 is 0 Å². The van der Waals surface area contributed by atoms with Crippen LogP contribution in [0.2, 0.25) is 0 Å². The largest absolute Gasteiger partial charge is 0.496 e. The van der Waals surface area contributed by atoms with Crippen LogP contribution in [0.1, 0.15) is 73.9 Å². The highest BCUT2D eigenvalue weighted by atomic mass is 16.5. The van der Waals surface area contributed by atoms with E-state index in [2.05, 4.69) is 37.4 Å². The molecule has 2 atom stereocenters. The summed E-state index contributed by atoms with van der Waals surface area (Å²) in [5, 5.41) is 3.14. The Morgan fingerprint density at radius 1 is 0.966 bits per heavy atom. The lowest BCUT2D eigenvalue weighted by molar-refractivity contribution is -0.128. The van der Waals surface area contributed by atoms with Gasteiger partial charge in [0.05, 0.1) is 13.2 Å². The van der Waals surface area contributed by atoms with Crippen molar-refractivity contribution >= 4 is 5.91 Å². The Morgan fingerprint density at radius 2 is 1.59 bits per heavy atom. The van der Waals surface area contributed by atoms with Crippen molar-refractivity contribution in [3.63, 3.8) is 0 Å². The predicted molar refractivity (Wildman–Crippen MR) is 119 cm³/mol. The highest BCUT2D eigenvalue weighted by Gasteiger charge is 2.22. The van der Waals surface area contributed by atoms with Gasteiger partial charge in [0.1, 0.15) is 11.5 Å². The minimum Gasteiger partial charge on any atom is -0.496 e. The van der Waals surface area contributed by atoms with Gasteiger partial charge in [-0.2, -0.15) is 0 Å². The maximum absolute atomic E-state index is 12.9. The van der Waals surface area contributed by atoms with Crippen molar-refractivity contribution in [2.24, 2.45) is 0 Å². The normalized spacial score (nSPS) is 13.1. The molecule has 0 fully saturated rings. The molecular formula is C25H35NO3. The molecule has 29 heavy (non-hydrogen) atoms. The zero-order chi connectivity index (χ0) is 21.7. The van der Waals surface area contributed by atoms with Crippen molar-refractivity contribution < 1.29 is 14.3 Å². The topological polar surface area (TPSA) is 47.6 Å². The van der Waals surface area contributed by atoms with Crippen LogP contribution in [0, 0.1) is 20.8 Å². The van der Waals surface area contributed by atoms with Crippen LogP contribution in [-0.4, -0.2) is 19.1 Å². The molecule has 0 aliphatic rings. The third kappa shape index (κ3) is 5.75. The highest BCUT2D eigenvalue weighted by molar-refractivity contribution is 5.81. The first-order valence-corrected chi connectivity index (χ1v) is 10.4. The number of carbonyl (C=O) groups excluding carboxylic acids is 1. The molecular weight excluding hydrogens is 362 g/mol. The van der Waals surface area contributed by atoms with Gasteiger partial charge in [-0.3, -0.25) is 4.79 Å². The van der Waals surface area contributed by atoms with Gasteiger partial charge >= 0.3 is 0 Å². The molecule has 4 heteroatoms. The fourth-order valence-electron chi connectivity index (χ4n) is 3.68. The number of amides is 1. The Balaban J connectivity index is 2.19. The fraction of sp³-hybridized carbons (Fsp3) is 0.480. The average molecular weight is 398 g/mol. The van der Waals surface area contributed by atoms with Gasteiger partial charge in [0.25, 0.3) is 5.91 Å². The van der Waals surface area contributed by atoms with Crippen molar-refractivity contribution in [1.29, 1.82) is 0 Å². The number of hydrogen-bond acceptors (Lipinski definition) is 3. The molecule has 4 nitrogen and oxygen atoms in total. The van der Waals surface area contributed by atoms with Gasteiger partial charge in [-0.1, -0.05) is 26.8 Å². The van der Waals surface area contributed by atoms with Crippen LogP contribution in [0.5, 0.6) is 11.5 Å². The van der Waals surface area contributed by atoms with Gasteiger partial charge in [0, 0.05) is 0 Å². The van der Waals surface area contributed by atoms with Crippen LogP contribution in [-0.2, 0) is 4.79 Å². The molecule has 2 aromatic rings. The number of methoxy groups -OCH3 is 1. The van der Waals surface area contributed by atoms with E-state index in [0.29, 0.717) is 12.3 Å². The van der Waals surface area contributed by atoms with Crippen LogP contribution < -0.4 is 14.8 Å². The summed E-state index contributed by atoms with van der Waals surface area (Å²) >= 11 is 0. The Kier molecular flexibility index (Phi) is 7.72. The summed E-state index contributed by atoms with van der Waals surface area (Å²) in [6, 6.07) is 10.1. The quantitative estimate of drug-likeness (QED) is 0.614. The minimum atomic E-state index is -0.526. The molecule has 0 aliphatic heterocycles. The zero-order valence-electron chi connectivity index (χ0n) is 19.1. The van der Waals surface area contributed by atoms with Gasteiger partial charge < -0.3 is 14.8 Å². The van der Waals surface area contributed by atoms with E-state index in [-0.39, 0.29) is 11.9 Å². The molecule has 0 aliphatic carbocycles. The van der Waals surface area contributed by atoms with E-state index in [1.807, 2.05) is 46.8 Å². The second-order valence-corrected chi connectivity index (χ2v) is 8.17. The van der Waals surface area contributed by atoms with Gasteiger partial charge in [0.2, 0.25) is 0 Å². The second-order valence-electron chi connectivity index (χ2n) is 8.17. The van der Waals surface area contributed by atoms with E-state index < -0.39 is 6.10 Å². The number of nitrogens with one attached hydrogen (secondary N) is 1. The zero-order valence-corrected chi connectivity index (χ0v) is 19.1. The maximum Gasteiger partial charge on any atom is 0.261 e. The first kappa shape index (κ1) is 22.8. The van der Waals surface area contributed by atoms with Crippen molar-refractivity contribution in [2.45, 2.75) is 73.0 Å². The number of rotatable bonds is 8. The molecule has 1 N–H and O–H groups in total. The highest BCUT2D eigenvalue weighted by Crippen LogP contribution is 2.32. The Hall–Kier alpha value is -2.49. The summed E-state index contributed by atoms with van der Waals surface area (Å²) in [4.78, 5) is 12.9. The summed E-state index contributed by atoms with van der Waals surface area (Å²) in [6.45, 7) is 14.4. The van der Waals surface area contributed by atoms with E-state index in [9.17, 15) is 4.79 Å². The first-order valence-electron chi connectivity index (χ1n) is 10.4. The maximum atomic E-state index is 12.9. The molecule has 158 valence electrons. The molecule has 2 rings (SSSR count). The SMILES string of the molecule is CC[C@H](Oc1cc(C)cc(C)c1)C(=O)N[C@H](C)c1cc(C(C)C)c(OC)cc1C. The molecule has 0 bridgehead atoms. The van der Waals surface area contributed by atoms with E-state index in [4.69, 9.17) is 9.47 Å². The minimum absolute atomic E-state index is 0.0968. The van der Waals surface area contributed by atoms with Crippen LogP contribution in [0.3, 0.4) is 0 Å². The molecule has 0 spiro atoms. The summed E-state index contributed by atoms with van der Waals surface area (Å²) in [5.41, 5.74) is 5.59. The van der Waals surface area contributed by atoms with Gasteiger partial charge in [-0.15, -0.1) is 0 Å². The summed E-state index contributed by atoms with van der Waals surface area (Å²) in [5.74, 6) is 1.87. The van der Waals surface area contributed by atoms with Crippen molar-refractivity contribution in [1.82, 2.24) is 5.32 Å². The van der Waals surface area contributed by atoms with Gasteiger partial charge in [-0.25, -0.2) is 0 Å². The number of benzene rings is 2. The summed E-state index contributed by atoms with van der Waals surface area (Å²) < 4.78 is 11.6. The monoisotopic (exact) mass is 397 g/mol. The van der Waals surface area contributed by atoms with Gasteiger partial charge in [-0.05, 0) is 92.1 Å². The van der Waals surface area contributed by atoms with Crippen molar-refractivity contribution in [3.8, 4) is 11.5 Å². The molecule has 0 saturated carbocycles. The molecule has 0 unspecified atom stereocenters. The predicted octanol–water partition coefficient (Wildman–Crippen LogP) is 5.78. The van der Waals surface area contributed by atoms with E-state index in [1.165, 1.54) is 0 Å². The molecule has 0 saturated heterocycles. The lowest BCUT2D eigenvalue weighted by Crippen LogP contribution is -2.39. The Bertz CT molecular complexity index is 837. The Labute approximate surface area is 175 Å². The number of hydrogen-bond donors (Lipinski definition) is 1. The van der Waals surface area contributed by atoms with Crippen LogP contribution in [0.4, 0.5) is 0 Å².